The number of fused-ring (bicyclic) bond motifs is 1. The Bertz CT molecular complexity index is 591. The molecule has 1 amide bonds. The van der Waals surface area contributed by atoms with Gasteiger partial charge >= 0.3 is 5.97 Å². The molecule has 1 aromatic carbocycles. The molecule has 2 rings (SSSR count). The van der Waals surface area contributed by atoms with Gasteiger partial charge in [-0.3, -0.25) is 4.79 Å². The standard InChI is InChI=1S/C17H23NO5/c1-17(2,3)7-6-12(16(20)21)18-15(19)9-11-4-5-13-14(8-11)23-10-22-13/h4-5,8,12H,6-7,9-10H2,1-3H3,(H,18,19)(H,20,21). The van der Waals surface area contributed by atoms with Gasteiger partial charge in [-0.15, -0.1) is 0 Å². The summed E-state index contributed by atoms with van der Waals surface area (Å²) >= 11 is 0. The summed E-state index contributed by atoms with van der Waals surface area (Å²) in [4.78, 5) is 23.4. The van der Waals surface area contributed by atoms with Crippen LogP contribution in [0.4, 0.5) is 0 Å². The molecule has 0 saturated heterocycles. The maximum atomic E-state index is 12.1. The Labute approximate surface area is 135 Å². The number of ether oxygens (including phenoxy) is 2. The van der Waals surface area contributed by atoms with Gasteiger partial charge in [0.25, 0.3) is 0 Å². The number of rotatable bonds is 6. The van der Waals surface area contributed by atoms with Crippen LogP contribution in [0.5, 0.6) is 11.5 Å². The number of aliphatic carboxylic acids is 1. The first-order chi connectivity index (χ1) is 10.7. The van der Waals surface area contributed by atoms with Crippen molar-refractivity contribution in [3.63, 3.8) is 0 Å². The zero-order valence-corrected chi connectivity index (χ0v) is 13.7. The van der Waals surface area contributed by atoms with Crippen molar-refractivity contribution in [1.29, 1.82) is 0 Å². The third-order valence-electron chi connectivity index (χ3n) is 3.62. The number of amides is 1. The quantitative estimate of drug-likeness (QED) is 0.840. The molecule has 0 bridgehead atoms. The van der Waals surface area contributed by atoms with Gasteiger partial charge in [0, 0.05) is 0 Å². The lowest BCUT2D eigenvalue weighted by Crippen LogP contribution is -2.42. The highest BCUT2D eigenvalue weighted by molar-refractivity contribution is 5.84. The lowest BCUT2D eigenvalue weighted by atomic mass is 9.88. The second kappa shape index (κ2) is 6.89. The van der Waals surface area contributed by atoms with Gasteiger partial charge in [0.2, 0.25) is 12.7 Å². The molecule has 1 aliphatic rings. The van der Waals surface area contributed by atoms with E-state index in [2.05, 4.69) is 5.32 Å². The van der Waals surface area contributed by atoms with E-state index in [1.54, 1.807) is 18.2 Å². The van der Waals surface area contributed by atoms with E-state index in [0.29, 0.717) is 24.3 Å². The Morgan fingerprint density at radius 1 is 1.26 bits per heavy atom. The second-order valence-corrected chi connectivity index (χ2v) is 6.92. The van der Waals surface area contributed by atoms with Crippen LogP contribution in [0.1, 0.15) is 39.2 Å². The van der Waals surface area contributed by atoms with E-state index in [1.807, 2.05) is 20.8 Å². The van der Waals surface area contributed by atoms with Crippen molar-refractivity contribution in [3.8, 4) is 11.5 Å². The number of carbonyl (C=O) groups excluding carboxylic acids is 1. The summed E-state index contributed by atoms with van der Waals surface area (Å²) in [5, 5.41) is 11.9. The monoisotopic (exact) mass is 321 g/mol. The Kier molecular flexibility index (Phi) is 5.13. The van der Waals surface area contributed by atoms with E-state index >= 15 is 0 Å². The molecule has 1 atom stereocenters. The average Bonchev–Trinajstić information content (AvgIpc) is 2.89. The van der Waals surface area contributed by atoms with Crippen LogP contribution in [-0.2, 0) is 16.0 Å². The van der Waals surface area contributed by atoms with Crippen molar-refractivity contribution in [2.45, 2.75) is 46.1 Å². The highest BCUT2D eigenvalue weighted by Gasteiger charge is 2.23. The number of carboxylic acids is 1. The van der Waals surface area contributed by atoms with Crippen LogP contribution in [0.2, 0.25) is 0 Å². The minimum absolute atomic E-state index is 0.0236. The first-order valence-corrected chi connectivity index (χ1v) is 7.65. The molecule has 0 aliphatic carbocycles. The van der Waals surface area contributed by atoms with Crippen molar-refractivity contribution in [1.82, 2.24) is 5.32 Å². The first-order valence-electron chi connectivity index (χ1n) is 7.65. The molecule has 0 saturated carbocycles. The zero-order chi connectivity index (χ0) is 17.0. The summed E-state index contributed by atoms with van der Waals surface area (Å²) < 4.78 is 10.5. The van der Waals surface area contributed by atoms with Crippen molar-refractivity contribution >= 4 is 11.9 Å². The molecular formula is C17H23NO5. The van der Waals surface area contributed by atoms with E-state index in [1.165, 1.54) is 0 Å². The third kappa shape index (κ3) is 5.16. The van der Waals surface area contributed by atoms with Crippen molar-refractivity contribution in [3.05, 3.63) is 23.8 Å². The Hall–Kier alpha value is -2.24. The SMILES string of the molecule is CC(C)(C)CCC(NC(=O)Cc1ccc2c(c1)OCO2)C(=O)O. The van der Waals surface area contributed by atoms with Crippen LogP contribution >= 0.6 is 0 Å². The van der Waals surface area contributed by atoms with Gasteiger partial charge in [0.1, 0.15) is 6.04 Å². The van der Waals surface area contributed by atoms with Crippen LogP contribution in [-0.4, -0.2) is 29.8 Å². The summed E-state index contributed by atoms with van der Waals surface area (Å²) in [7, 11) is 0. The van der Waals surface area contributed by atoms with E-state index in [0.717, 1.165) is 5.56 Å². The van der Waals surface area contributed by atoms with Crippen LogP contribution in [0.25, 0.3) is 0 Å². The van der Waals surface area contributed by atoms with Crippen LogP contribution in [0.3, 0.4) is 0 Å². The molecule has 1 unspecified atom stereocenters. The lowest BCUT2D eigenvalue weighted by Gasteiger charge is -2.21. The highest BCUT2D eigenvalue weighted by Crippen LogP contribution is 2.32. The number of hydrogen-bond donors (Lipinski definition) is 2. The van der Waals surface area contributed by atoms with E-state index in [4.69, 9.17) is 9.47 Å². The Balaban J connectivity index is 1.92. The highest BCUT2D eigenvalue weighted by atomic mass is 16.7. The summed E-state index contributed by atoms with van der Waals surface area (Å²) in [6.07, 6.45) is 1.23. The first kappa shape index (κ1) is 17.1. The topological polar surface area (TPSA) is 84.9 Å². The molecule has 6 nitrogen and oxygen atoms in total. The van der Waals surface area contributed by atoms with Gasteiger partial charge in [-0.1, -0.05) is 26.8 Å². The summed E-state index contributed by atoms with van der Waals surface area (Å²) in [5.41, 5.74) is 0.780. The molecule has 0 fully saturated rings. The van der Waals surface area contributed by atoms with Crippen molar-refractivity contribution in [2.24, 2.45) is 5.41 Å². The number of carbonyl (C=O) groups is 2. The summed E-state index contributed by atoms with van der Waals surface area (Å²) in [6, 6.07) is 4.40. The van der Waals surface area contributed by atoms with Gasteiger partial charge in [-0.2, -0.15) is 0 Å². The fraction of sp³-hybridized carbons (Fsp3) is 0.529. The predicted molar refractivity (Wildman–Crippen MR) is 84.5 cm³/mol. The number of benzene rings is 1. The molecule has 1 aromatic rings. The molecule has 1 aliphatic heterocycles. The molecular weight excluding hydrogens is 298 g/mol. The molecule has 0 radical (unpaired) electrons. The van der Waals surface area contributed by atoms with E-state index < -0.39 is 12.0 Å². The van der Waals surface area contributed by atoms with Gasteiger partial charge in [-0.05, 0) is 36.0 Å². The molecule has 6 heteroatoms. The van der Waals surface area contributed by atoms with Gasteiger partial charge in [-0.25, -0.2) is 4.79 Å². The maximum Gasteiger partial charge on any atom is 0.326 e. The van der Waals surface area contributed by atoms with Crippen molar-refractivity contribution < 1.29 is 24.2 Å². The molecule has 2 N–H and O–H groups in total. The maximum absolute atomic E-state index is 12.1. The number of nitrogens with one attached hydrogen (secondary N) is 1. The molecule has 1 heterocycles. The number of hydrogen-bond acceptors (Lipinski definition) is 4. The van der Waals surface area contributed by atoms with Crippen LogP contribution < -0.4 is 14.8 Å². The largest absolute Gasteiger partial charge is 0.480 e. The van der Waals surface area contributed by atoms with Gasteiger partial charge < -0.3 is 19.9 Å². The summed E-state index contributed by atoms with van der Waals surface area (Å²) in [6.45, 7) is 6.31. The fourth-order valence-corrected chi connectivity index (χ4v) is 2.32. The van der Waals surface area contributed by atoms with Crippen LogP contribution in [0.15, 0.2) is 18.2 Å². The Morgan fingerprint density at radius 2 is 1.96 bits per heavy atom. The van der Waals surface area contributed by atoms with E-state index in [9.17, 15) is 14.7 Å². The van der Waals surface area contributed by atoms with Crippen LogP contribution in [0, 0.1) is 5.41 Å². The Morgan fingerprint density at radius 3 is 2.61 bits per heavy atom. The molecule has 23 heavy (non-hydrogen) atoms. The normalized spacial score (nSPS) is 14.4. The molecule has 126 valence electrons. The smallest absolute Gasteiger partial charge is 0.326 e. The van der Waals surface area contributed by atoms with E-state index in [-0.39, 0.29) is 24.5 Å². The van der Waals surface area contributed by atoms with Gasteiger partial charge in [0.15, 0.2) is 11.5 Å². The fourth-order valence-electron chi connectivity index (χ4n) is 2.32. The van der Waals surface area contributed by atoms with Gasteiger partial charge in [0.05, 0.1) is 6.42 Å². The van der Waals surface area contributed by atoms with Crippen molar-refractivity contribution in [2.75, 3.05) is 6.79 Å². The minimum Gasteiger partial charge on any atom is -0.480 e. The summed E-state index contributed by atoms with van der Waals surface area (Å²) in [5.74, 6) is -0.0565. The average molecular weight is 321 g/mol. The second-order valence-electron chi connectivity index (χ2n) is 6.92. The predicted octanol–water partition coefficient (Wildman–Crippen LogP) is 2.35. The molecule has 0 aromatic heterocycles. The minimum atomic E-state index is -1.01. The lowest BCUT2D eigenvalue weighted by molar-refractivity contribution is -0.142. The zero-order valence-electron chi connectivity index (χ0n) is 13.7. The number of carboxylic acid groups (broad SMARTS) is 1. The third-order valence-corrected chi connectivity index (χ3v) is 3.62. The molecule has 0 spiro atoms.